The molecule has 0 atom stereocenters. The zero-order chi connectivity index (χ0) is 13.0. The fourth-order valence-corrected chi connectivity index (χ4v) is 1.72. The first-order valence-corrected chi connectivity index (χ1v) is 5.90. The van der Waals surface area contributed by atoms with E-state index in [0.29, 0.717) is 6.61 Å². The Morgan fingerprint density at radius 2 is 2.12 bits per heavy atom. The molecule has 0 aliphatic carbocycles. The van der Waals surface area contributed by atoms with Gasteiger partial charge in [0.15, 0.2) is 0 Å². The van der Waals surface area contributed by atoms with Gasteiger partial charge in [-0.3, -0.25) is 9.48 Å². The van der Waals surface area contributed by atoms with Crippen LogP contribution in [0.4, 0.5) is 5.69 Å². The number of ether oxygens (including phenoxy) is 1. The van der Waals surface area contributed by atoms with Crippen LogP contribution in [0.25, 0.3) is 0 Å². The van der Waals surface area contributed by atoms with Crippen LogP contribution in [-0.2, 0) is 9.53 Å². The summed E-state index contributed by atoms with van der Waals surface area (Å²) < 4.78 is 6.97. The van der Waals surface area contributed by atoms with Gasteiger partial charge in [-0.25, -0.2) is 0 Å². The van der Waals surface area contributed by atoms with Crippen LogP contribution in [0.2, 0.25) is 0 Å². The summed E-state index contributed by atoms with van der Waals surface area (Å²) in [5, 5.41) is 7.25. The fraction of sp³-hybridized carbons (Fsp3) is 0.667. The van der Waals surface area contributed by atoms with Crippen LogP contribution in [0.5, 0.6) is 0 Å². The molecule has 96 valence electrons. The molecular formula is C12H21N3O2. The van der Waals surface area contributed by atoms with Crippen molar-refractivity contribution in [3.8, 4) is 0 Å². The van der Waals surface area contributed by atoms with Crippen molar-refractivity contribution in [1.82, 2.24) is 9.78 Å². The first-order chi connectivity index (χ1) is 7.97. The van der Waals surface area contributed by atoms with E-state index in [1.807, 2.05) is 25.5 Å². The minimum atomic E-state index is -0.138. The van der Waals surface area contributed by atoms with Gasteiger partial charge in [0.1, 0.15) is 6.61 Å². The van der Waals surface area contributed by atoms with Gasteiger partial charge in [-0.15, -0.1) is 0 Å². The van der Waals surface area contributed by atoms with Crippen molar-refractivity contribution >= 4 is 11.6 Å². The maximum atomic E-state index is 11.6. The van der Waals surface area contributed by atoms with Gasteiger partial charge in [0.25, 0.3) is 0 Å². The van der Waals surface area contributed by atoms with Crippen molar-refractivity contribution in [2.24, 2.45) is 0 Å². The predicted octanol–water partition coefficient (Wildman–Crippen LogP) is 2.06. The van der Waals surface area contributed by atoms with Gasteiger partial charge in [-0.1, -0.05) is 0 Å². The van der Waals surface area contributed by atoms with Crippen LogP contribution in [-0.4, -0.2) is 28.9 Å². The third-order valence-corrected chi connectivity index (χ3v) is 2.52. The highest BCUT2D eigenvalue weighted by Gasteiger charge is 2.15. The fourth-order valence-electron chi connectivity index (χ4n) is 1.72. The number of nitrogens with one attached hydrogen (secondary N) is 1. The Bertz CT molecular complexity index is 397. The second-order valence-electron chi connectivity index (χ2n) is 4.27. The highest BCUT2D eigenvalue weighted by Crippen LogP contribution is 2.22. The summed E-state index contributed by atoms with van der Waals surface area (Å²) >= 11 is 0. The maximum absolute atomic E-state index is 11.6. The van der Waals surface area contributed by atoms with E-state index in [4.69, 9.17) is 4.74 Å². The lowest BCUT2D eigenvalue weighted by molar-refractivity contribution is -0.120. The molecule has 1 aromatic heterocycles. The van der Waals surface area contributed by atoms with Crippen molar-refractivity contribution in [3.05, 3.63) is 11.4 Å². The SMILES string of the molecule is CCOCC(=O)Nc1c(C)nn(C(C)C)c1C. The van der Waals surface area contributed by atoms with Gasteiger partial charge >= 0.3 is 0 Å². The number of hydrogen-bond acceptors (Lipinski definition) is 3. The molecule has 1 rings (SSSR count). The van der Waals surface area contributed by atoms with Gasteiger partial charge in [0, 0.05) is 12.6 Å². The van der Waals surface area contributed by atoms with E-state index in [1.54, 1.807) is 0 Å². The van der Waals surface area contributed by atoms with Crippen LogP contribution in [0.1, 0.15) is 38.2 Å². The van der Waals surface area contributed by atoms with Gasteiger partial charge in [0.2, 0.25) is 5.91 Å². The van der Waals surface area contributed by atoms with Crippen LogP contribution >= 0.6 is 0 Å². The number of hydrogen-bond donors (Lipinski definition) is 1. The molecule has 0 fully saturated rings. The monoisotopic (exact) mass is 239 g/mol. The van der Waals surface area contributed by atoms with Crippen molar-refractivity contribution in [3.63, 3.8) is 0 Å². The summed E-state index contributed by atoms with van der Waals surface area (Å²) in [5.74, 6) is -0.138. The summed E-state index contributed by atoms with van der Waals surface area (Å²) in [6, 6.07) is 0.284. The number of rotatable bonds is 5. The number of aryl methyl sites for hydroxylation is 1. The zero-order valence-corrected chi connectivity index (χ0v) is 11.2. The van der Waals surface area contributed by atoms with E-state index in [-0.39, 0.29) is 18.6 Å². The minimum Gasteiger partial charge on any atom is -0.372 e. The minimum absolute atomic E-state index is 0.0856. The second-order valence-corrected chi connectivity index (χ2v) is 4.27. The Hall–Kier alpha value is -1.36. The molecule has 1 aromatic rings. The number of nitrogens with zero attached hydrogens (tertiary/aromatic N) is 2. The lowest BCUT2D eigenvalue weighted by atomic mass is 10.3. The van der Waals surface area contributed by atoms with E-state index in [1.165, 1.54) is 0 Å². The Morgan fingerprint density at radius 1 is 1.47 bits per heavy atom. The summed E-state index contributed by atoms with van der Waals surface area (Å²) in [6.07, 6.45) is 0. The highest BCUT2D eigenvalue weighted by molar-refractivity contribution is 5.92. The molecule has 0 unspecified atom stereocenters. The molecule has 0 saturated carbocycles. The third kappa shape index (κ3) is 3.30. The van der Waals surface area contributed by atoms with Crippen LogP contribution < -0.4 is 5.32 Å². The van der Waals surface area contributed by atoms with Gasteiger partial charge < -0.3 is 10.1 Å². The second kappa shape index (κ2) is 5.82. The summed E-state index contributed by atoms with van der Waals surface area (Å²) in [4.78, 5) is 11.6. The maximum Gasteiger partial charge on any atom is 0.250 e. The highest BCUT2D eigenvalue weighted by atomic mass is 16.5. The molecule has 0 aliphatic heterocycles. The van der Waals surface area contributed by atoms with Crippen LogP contribution in [0, 0.1) is 13.8 Å². The van der Waals surface area contributed by atoms with Crippen molar-refractivity contribution in [2.45, 2.75) is 40.7 Å². The van der Waals surface area contributed by atoms with E-state index >= 15 is 0 Å². The molecule has 1 N–H and O–H groups in total. The summed E-state index contributed by atoms with van der Waals surface area (Å²) in [5.41, 5.74) is 2.60. The number of amides is 1. The Morgan fingerprint density at radius 3 is 2.59 bits per heavy atom. The van der Waals surface area contributed by atoms with E-state index in [9.17, 15) is 4.79 Å². The molecule has 5 heteroatoms. The largest absolute Gasteiger partial charge is 0.372 e. The molecule has 0 aliphatic rings. The standard InChI is InChI=1S/C12H21N3O2/c1-6-17-7-11(16)13-12-9(4)14-15(8(2)3)10(12)5/h8H,6-7H2,1-5H3,(H,13,16). The molecule has 1 heterocycles. The number of anilines is 1. The average Bonchev–Trinajstić information content (AvgIpc) is 2.54. The quantitative estimate of drug-likeness (QED) is 0.855. The number of aromatic nitrogens is 2. The molecule has 0 bridgehead atoms. The lowest BCUT2D eigenvalue weighted by Crippen LogP contribution is -2.19. The molecule has 0 saturated heterocycles. The van der Waals surface area contributed by atoms with Gasteiger partial charge in [-0.2, -0.15) is 5.10 Å². The topological polar surface area (TPSA) is 56.1 Å². The van der Waals surface area contributed by atoms with E-state index < -0.39 is 0 Å². The third-order valence-electron chi connectivity index (χ3n) is 2.52. The Balaban J connectivity index is 2.81. The molecule has 0 radical (unpaired) electrons. The Kier molecular flexibility index (Phi) is 4.69. The lowest BCUT2D eigenvalue weighted by Gasteiger charge is -2.09. The number of carbonyl (C=O) groups excluding carboxylic acids is 1. The average molecular weight is 239 g/mol. The summed E-state index contributed by atoms with van der Waals surface area (Å²) in [7, 11) is 0. The van der Waals surface area contributed by atoms with E-state index in [2.05, 4.69) is 24.3 Å². The van der Waals surface area contributed by atoms with Crippen molar-refractivity contribution in [1.29, 1.82) is 0 Å². The van der Waals surface area contributed by atoms with Crippen LogP contribution in [0.15, 0.2) is 0 Å². The first-order valence-electron chi connectivity index (χ1n) is 5.90. The molecule has 1 amide bonds. The first kappa shape index (κ1) is 13.7. The molecular weight excluding hydrogens is 218 g/mol. The molecule has 0 aromatic carbocycles. The predicted molar refractivity (Wildman–Crippen MR) is 67.2 cm³/mol. The zero-order valence-electron chi connectivity index (χ0n) is 11.2. The van der Waals surface area contributed by atoms with Crippen molar-refractivity contribution < 1.29 is 9.53 Å². The normalized spacial score (nSPS) is 10.9. The molecule has 17 heavy (non-hydrogen) atoms. The smallest absolute Gasteiger partial charge is 0.250 e. The van der Waals surface area contributed by atoms with Crippen LogP contribution in [0.3, 0.4) is 0 Å². The number of carbonyl (C=O) groups is 1. The van der Waals surface area contributed by atoms with Gasteiger partial charge in [-0.05, 0) is 34.6 Å². The molecule has 5 nitrogen and oxygen atoms in total. The van der Waals surface area contributed by atoms with Crippen molar-refractivity contribution in [2.75, 3.05) is 18.5 Å². The Labute approximate surface area is 102 Å². The summed E-state index contributed by atoms with van der Waals surface area (Å²) in [6.45, 7) is 10.5. The van der Waals surface area contributed by atoms with Gasteiger partial charge in [0.05, 0.1) is 17.1 Å². The molecule has 0 spiro atoms. The van der Waals surface area contributed by atoms with E-state index in [0.717, 1.165) is 17.1 Å².